The van der Waals surface area contributed by atoms with Crippen molar-refractivity contribution in [1.82, 2.24) is 5.43 Å². The number of para-hydroxylation sites is 1. The number of hydrazone groups is 1. The van der Waals surface area contributed by atoms with Crippen molar-refractivity contribution in [3.63, 3.8) is 0 Å². The van der Waals surface area contributed by atoms with Crippen LogP contribution in [-0.2, 0) is 17.8 Å². The summed E-state index contributed by atoms with van der Waals surface area (Å²) in [6.07, 6.45) is 2.70. The van der Waals surface area contributed by atoms with Gasteiger partial charge in [-0.25, -0.2) is 5.43 Å². The van der Waals surface area contributed by atoms with Gasteiger partial charge >= 0.3 is 0 Å². The Morgan fingerprint density at radius 1 is 0.852 bits per heavy atom. The van der Waals surface area contributed by atoms with Crippen LogP contribution in [0, 0.1) is 0 Å². The van der Waals surface area contributed by atoms with Crippen molar-refractivity contribution in [2.45, 2.75) is 19.4 Å². The molecule has 1 N–H and O–H groups in total. The molecule has 0 saturated heterocycles. The summed E-state index contributed by atoms with van der Waals surface area (Å²) in [5.74, 6) is 0.612. The number of aryl methyl sites for hydroxylation is 1. The van der Waals surface area contributed by atoms with Crippen LogP contribution >= 0.6 is 0 Å². The van der Waals surface area contributed by atoms with Crippen LogP contribution in [0.4, 0.5) is 0 Å². The van der Waals surface area contributed by atoms with Gasteiger partial charge in [0.25, 0.3) is 0 Å². The molecular weight excluding hydrogens is 336 g/mol. The number of nitrogens with one attached hydrogen (secondary N) is 1. The molecule has 0 radical (unpaired) electrons. The number of amides is 1. The van der Waals surface area contributed by atoms with Crippen LogP contribution in [0.3, 0.4) is 0 Å². The molecule has 3 aromatic rings. The molecule has 136 valence electrons. The molecule has 0 saturated carbocycles. The highest BCUT2D eigenvalue weighted by Gasteiger charge is 2.03. The zero-order valence-corrected chi connectivity index (χ0v) is 15.0. The molecule has 27 heavy (non-hydrogen) atoms. The van der Waals surface area contributed by atoms with Gasteiger partial charge in [-0.2, -0.15) is 5.10 Å². The third kappa shape index (κ3) is 6.12. The zero-order chi connectivity index (χ0) is 18.7. The van der Waals surface area contributed by atoms with Gasteiger partial charge in [0.2, 0.25) is 5.91 Å². The Kier molecular flexibility index (Phi) is 6.76. The van der Waals surface area contributed by atoms with E-state index in [9.17, 15) is 4.79 Å². The number of carbonyl (C=O) groups excluding carboxylic acids is 1. The molecule has 4 heteroatoms. The van der Waals surface area contributed by atoms with Crippen molar-refractivity contribution >= 4 is 12.1 Å². The summed E-state index contributed by atoms with van der Waals surface area (Å²) in [5, 5.41) is 4.06. The second-order valence-corrected chi connectivity index (χ2v) is 6.09. The van der Waals surface area contributed by atoms with Crippen molar-refractivity contribution in [2.75, 3.05) is 0 Å². The number of hydrogen-bond donors (Lipinski definition) is 1. The molecular formula is C23H22N2O2. The monoisotopic (exact) mass is 358 g/mol. The molecule has 0 atom stereocenters. The van der Waals surface area contributed by atoms with Crippen molar-refractivity contribution in [3.8, 4) is 5.75 Å². The highest BCUT2D eigenvalue weighted by molar-refractivity contribution is 5.85. The molecule has 3 aromatic carbocycles. The van der Waals surface area contributed by atoms with Crippen LogP contribution in [-0.4, -0.2) is 12.1 Å². The van der Waals surface area contributed by atoms with Crippen molar-refractivity contribution in [3.05, 3.63) is 102 Å². The molecule has 0 aromatic heterocycles. The molecule has 3 rings (SSSR count). The molecule has 0 spiro atoms. The van der Waals surface area contributed by atoms with Gasteiger partial charge in [-0.3, -0.25) is 4.79 Å². The summed E-state index contributed by atoms with van der Waals surface area (Å²) in [7, 11) is 0. The van der Waals surface area contributed by atoms with E-state index in [-0.39, 0.29) is 5.91 Å². The minimum Gasteiger partial charge on any atom is -0.488 e. The van der Waals surface area contributed by atoms with E-state index < -0.39 is 0 Å². The molecule has 4 nitrogen and oxygen atoms in total. The topological polar surface area (TPSA) is 50.7 Å². The lowest BCUT2D eigenvalue weighted by molar-refractivity contribution is -0.121. The molecule has 0 bridgehead atoms. The number of hydrogen-bond acceptors (Lipinski definition) is 3. The average Bonchev–Trinajstić information content (AvgIpc) is 2.73. The predicted octanol–water partition coefficient (Wildman–Crippen LogP) is 4.35. The highest BCUT2D eigenvalue weighted by atomic mass is 16.5. The van der Waals surface area contributed by atoms with E-state index in [1.165, 1.54) is 0 Å². The number of rotatable bonds is 8. The minimum atomic E-state index is -0.113. The molecule has 0 aliphatic rings. The minimum absolute atomic E-state index is 0.113. The Labute approximate surface area is 159 Å². The SMILES string of the molecule is O=C(CCc1ccccc1)NN=Cc1ccccc1OCc1ccccc1. The maximum atomic E-state index is 11.9. The van der Waals surface area contributed by atoms with Crippen LogP contribution in [0.2, 0.25) is 0 Å². The van der Waals surface area contributed by atoms with Crippen LogP contribution in [0.1, 0.15) is 23.1 Å². The fourth-order valence-corrected chi connectivity index (χ4v) is 2.59. The first-order valence-corrected chi connectivity index (χ1v) is 8.93. The Balaban J connectivity index is 1.51. The average molecular weight is 358 g/mol. The Morgan fingerprint density at radius 2 is 1.48 bits per heavy atom. The van der Waals surface area contributed by atoms with Crippen LogP contribution < -0.4 is 10.2 Å². The summed E-state index contributed by atoms with van der Waals surface area (Å²) < 4.78 is 5.88. The van der Waals surface area contributed by atoms with Gasteiger partial charge in [0, 0.05) is 12.0 Å². The van der Waals surface area contributed by atoms with Gasteiger partial charge in [-0.05, 0) is 29.7 Å². The number of ether oxygens (including phenoxy) is 1. The van der Waals surface area contributed by atoms with E-state index in [1.807, 2.05) is 84.9 Å². The molecule has 0 heterocycles. The fourth-order valence-electron chi connectivity index (χ4n) is 2.59. The lowest BCUT2D eigenvalue weighted by Gasteiger charge is -2.09. The first kappa shape index (κ1) is 18.4. The van der Waals surface area contributed by atoms with Gasteiger partial charge in [0.15, 0.2) is 0 Å². The largest absolute Gasteiger partial charge is 0.488 e. The molecule has 0 fully saturated rings. The summed E-state index contributed by atoms with van der Waals surface area (Å²) in [6, 6.07) is 27.5. The maximum absolute atomic E-state index is 11.9. The second-order valence-electron chi connectivity index (χ2n) is 6.09. The lowest BCUT2D eigenvalue weighted by atomic mass is 10.1. The van der Waals surface area contributed by atoms with Crippen LogP contribution in [0.25, 0.3) is 0 Å². The van der Waals surface area contributed by atoms with Gasteiger partial charge in [-0.1, -0.05) is 72.8 Å². The number of benzene rings is 3. The van der Waals surface area contributed by atoms with E-state index in [4.69, 9.17) is 4.74 Å². The third-order valence-electron chi connectivity index (χ3n) is 4.03. The summed E-state index contributed by atoms with van der Waals surface area (Å²) >= 11 is 0. The van der Waals surface area contributed by atoms with Gasteiger partial charge in [-0.15, -0.1) is 0 Å². The fraction of sp³-hybridized carbons (Fsp3) is 0.130. The smallest absolute Gasteiger partial charge is 0.240 e. The van der Waals surface area contributed by atoms with E-state index in [0.717, 1.165) is 22.4 Å². The first-order chi connectivity index (χ1) is 13.3. The summed E-state index contributed by atoms with van der Waals surface area (Å²) in [6.45, 7) is 0.481. The lowest BCUT2D eigenvalue weighted by Crippen LogP contribution is -2.17. The van der Waals surface area contributed by atoms with Gasteiger partial charge < -0.3 is 4.74 Å². The molecule has 1 amide bonds. The highest BCUT2D eigenvalue weighted by Crippen LogP contribution is 2.17. The normalized spacial score (nSPS) is 10.7. The zero-order valence-electron chi connectivity index (χ0n) is 15.0. The first-order valence-electron chi connectivity index (χ1n) is 8.93. The standard InChI is InChI=1S/C23H22N2O2/c26-23(16-15-19-9-3-1-4-10-19)25-24-17-21-13-7-8-14-22(21)27-18-20-11-5-2-6-12-20/h1-14,17H,15-16,18H2,(H,25,26). The van der Waals surface area contributed by atoms with Crippen LogP contribution in [0.5, 0.6) is 5.75 Å². The third-order valence-corrected chi connectivity index (χ3v) is 4.03. The number of carbonyl (C=O) groups is 1. The van der Waals surface area contributed by atoms with Gasteiger partial charge in [0.1, 0.15) is 12.4 Å². The predicted molar refractivity (Wildman–Crippen MR) is 108 cm³/mol. The summed E-state index contributed by atoms with van der Waals surface area (Å²) in [5.41, 5.74) is 5.63. The quantitative estimate of drug-likeness (QED) is 0.481. The van der Waals surface area contributed by atoms with Crippen molar-refractivity contribution in [2.24, 2.45) is 5.10 Å². The van der Waals surface area contributed by atoms with E-state index in [2.05, 4.69) is 10.5 Å². The van der Waals surface area contributed by atoms with E-state index in [0.29, 0.717) is 19.4 Å². The number of nitrogens with zero attached hydrogens (tertiary/aromatic N) is 1. The van der Waals surface area contributed by atoms with E-state index in [1.54, 1.807) is 6.21 Å². The Bertz CT molecular complexity index is 877. The van der Waals surface area contributed by atoms with Crippen molar-refractivity contribution in [1.29, 1.82) is 0 Å². The molecule has 0 aliphatic heterocycles. The molecule has 0 aliphatic carbocycles. The second kappa shape index (κ2) is 9.92. The summed E-state index contributed by atoms with van der Waals surface area (Å²) in [4.78, 5) is 11.9. The van der Waals surface area contributed by atoms with E-state index >= 15 is 0 Å². The maximum Gasteiger partial charge on any atom is 0.240 e. The Morgan fingerprint density at radius 3 is 2.22 bits per heavy atom. The molecule has 0 unspecified atom stereocenters. The van der Waals surface area contributed by atoms with Crippen LogP contribution in [0.15, 0.2) is 90.0 Å². The van der Waals surface area contributed by atoms with Crippen molar-refractivity contribution < 1.29 is 9.53 Å². The van der Waals surface area contributed by atoms with Gasteiger partial charge in [0.05, 0.1) is 6.21 Å². The Hall–Kier alpha value is -3.40.